The number of carbonyl (C=O) groups excluding carboxylic acids is 1. The molecule has 11 heteroatoms. The number of nitrogens with one attached hydrogen (secondary N) is 2. The summed E-state index contributed by atoms with van der Waals surface area (Å²) in [6.07, 6.45) is -0.721. The van der Waals surface area contributed by atoms with Crippen molar-refractivity contribution in [2.75, 3.05) is 13.7 Å². The van der Waals surface area contributed by atoms with E-state index in [2.05, 4.69) is 10.0 Å². The van der Waals surface area contributed by atoms with Crippen molar-refractivity contribution in [1.82, 2.24) is 10.0 Å². The fraction of sp³-hybridized carbons (Fsp3) is 0.409. The van der Waals surface area contributed by atoms with Gasteiger partial charge in [-0.1, -0.05) is 12.1 Å². The summed E-state index contributed by atoms with van der Waals surface area (Å²) in [7, 11) is -2.57. The lowest BCUT2D eigenvalue weighted by molar-refractivity contribution is -0.130. The van der Waals surface area contributed by atoms with Crippen LogP contribution in [0.25, 0.3) is 0 Å². The van der Waals surface area contributed by atoms with Crippen LogP contribution in [-0.4, -0.2) is 51.4 Å². The molecule has 0 aromatic heterocycles. The third-order valence-electron chi connectivity index (χ3n) is 5.29. The van der Waals surface area contributed by atoms with Crippen LogP contribution in [0.5, 0.6) is 5.75 Å². The highest BCUT2D eigenvalue weighted by molar-refractivity contribution is 7.89. The summed E-state index contributed by atoms with van der Waals surface area (Å²) in [5, 5.41) is 12.3. The number of sulfonamides is 1. The number of halogens is 2. The molecule has 0 spiro atoms. The molecule has 2 aromatic rings. The van der Waals surface area contributed by atoms with E-state index in [9.17, 15) is 27.1 Å². The number of ether oxygens (including phenoxy) is 2. The monoisotopic (exact) mass is 484 g/mol. The van der Waals surface area contributed by atoms with Crippen LogP contribution < -0.4 is 14.8 Å². The number of para-hydroxylation sites is 1. The maximum atomic E-state index is 13.3. The van der Waals surface area contributed by atoms with Gasteiger partial charge in [0.15, 0.2) is 0 Å². The molecule has 0 bridgehead atoms. The molecule has 8 nitrogen and oxygen atoms in total. The minimum atomic E-state index is -3.94. The van der Waals surface area contributed by atoms with Gasteiger partial charge < -0.3 is 19.9 Å². The summed E-state index contributed by atoms with van der Waals surface area (Å²) in [6, 6.07) is 8.47. The molecule has 3 rings (SSSR count). The summed E-state index contributed by atoms with van der Waals surface area (Å²) in [5.74, 6) is -1.67. The highest BCUT2D eigenvalue weighted by Crippen LogP contribution is 2.27. The Kier molecular flexibility index (Phi) is 8.35. The van der Waals surface area contributed by atoms with Crippen LogP contribution >= 0.6 is 0 Å². The standard InChI is InChI=1S/C22H26F2N2O6S/c1-31-19-4-2-3-5-21(19)33(29,30)26-18-7-6-17(32-20(18)13-27)11-22(28)25-12-14-8-15(23)10-16(24)9-14/h2-5,8-10,17-18,20,26-27H,6-7,11-13H2,1H3,(H,25,28)/t17-,18+,20-/m1/s1. The molecule has 33 heavy (non-hydrogen) atoms. The normalized spacial score (nSPS) is 20.9. The molecule has 2 aromatic carbocycles. The zero-order chi connectivity index (χ0) is 24.0. The molecule has 0 saturated carbocycles. The van der Waals surface area contributed by atoms with E-state index in [4.69, 9.17) is 9.47 Å². The van der Waals surface area contributed by atoms with Gasteiger partial charge in [0.25, 0.3) is 0 Å². The van der Waals surface area contributed by atoms with E-state index in [1.54, 1.807) is 12.1 Å². The van der Waals surface area contributed by atoms with Crippen molar-refractivity contribution in [2.45, 2.75) is 49.0 Å². The quantitative estimate of drug-likeness (QED) is 0.501. The van der Waals surface area contributed by atoms with E-state index in [-0.39, 0.29) is 29.2 Å². The Morgan fingerprint density at radius 2 is 1.88 bits per heavy atom. The lowest BCUT2D eigenvalue weighted by atomic mass is 9.98. The van der Waals surface area contributed by atoms with E-state index < -0.39 is 52.4 Å². The zero-order valence-electron chi connectivity index (χ0n) is 18.0. The molecule has 0 aliphatic carbocycles. The smallest absolute Gasteiger partial charge is 0.244 e. The Labute approximate surface area is 191 Å². The van der Waals surface area contributed by atoms with Gasteiger partial charge in [0.05, 0.1) is 38.4 Å². The van der Waals surface area contributed by atoms with Crippen LogP contribution in [0.3, 0.4) is 0 Å². The molecule has 0 unspecified atom stereocenters. The maximum absolute atomic E-state index is 13.3. The van der Waals surface area contributed by atoms with Crippen molar-refractivity contribution >= 4 is 15.9 Å². The van der Waals surface area contributed by atoms with E-state index in [1.165, 1.54) is 19.2 Å². The average Bonchev–Trinajstić information content (AvgIpc) is 2.78. The third kappa shape index (κ3) is 6.70. The number of benzene rings is 2. The van der Waals surface area contributed by atoms with Crippen molar-refractivity contribution < 1.29 is 36.6 Å². The summed E-state index contributed by atoms with van der Waals surface area (Å²) in [5.41, 5.74) is 0.282. The first-order valence-corrected chi connectivity index (χ1v) is 11.8. The van der Waals surface area contributed by atoms with Gasteiger partial charge in [0.1, 0.15) is 22.3 Å². The van der Waals surface area contributed by atoms with E-state index in [0.29, 0.717) is 12.8 Å². The molecule has 3 atom stereocenters. The molecule has 1 aliphatic rings. The second kappa shape index (κ2) is 11.0. The van der Waals surface area contributed by atoms with Crippen LogP contribution in [0.1, 0.15) is 24.8 Å². The number of hydrogen-bond acceptors (Lipinski definition) is 6. The Morgan fingerprint density at radius 3 is 2.55 bits per heavy atom. The molecule has 1 heterocycles. The largest absolute Gasteiger partial charge is 0.495 e. The van der Waals surface area contributed by atoms with Gasteiger partial charge in [-0.25, -0.2) is 21.9 Å². The van der Waals surface area contributed by atoms with E-state index in [0.717, 1.165) is 18.2 Å². The summed E-state index contributed by atoms with van der Waals surface area (Å²) >= 11 is 0. The Bertz CT molecular complexity index is 1060. The van der Waals surface area contributed by atoms with Gasteiger partial charge >= 0.3 is 0 Å². The van der Waals surface area contributed by atoms with Gasteiger partial charge in [0, 0.05) is 12.6 Å². The van der Waals surface area contributed by atoms with E-state index >= 15 is 0 Å². The summed E-state index contributed by atoms with van der Waals surface area (Å²) in [4.78, 5) is 12.2. The number of aliphatic hydroxyl groups excluding tert-OH is 1. The van der Waals surface area contributed by atoms with Crippen molar-refractivity contribution in [2.24, 2.45) is 0 Å². The fourth-order valence-corrected chi connectivity index (χ4v) is 5.18. The molecule has 1 amide bonds. The molecular weight excluding hydrogens is 458 g/mol. The van der Waals surface area contributed by atoms with Crippen LogP contribution in [0, 0.1) is 11.6 Å². The first-order valence-electron chi connectivity index (χ1n) is 10.3. The van der Waals surface area contributed by atoms with Crippen LogP contribution in [-0.2, 0) is 26.1 Å². The zero-order valence-corrected chi connectivity index (χ0v) is 18.8. The fourth-order valence-electron chi connectivity index (χ4n) is 3.71. The van der Waals surface area contributed by atoms with Crippen molar-refractivity contribution in [3.63, 3.8) is 0 Å². The number of carbonyl (C=O) groups is 1. The summed E-state index contributed by atoms with van der Waals surface area (Å²) in [6.45, 7) is -0.495. The Hall–Kier alpha value is -2.60. The van der Waals surface area contributed by atoms with Crippen molar-refractivity contribution in [1.29, 1.82) is 0 Å². The van der Waals surface area contributed by atoms with Gasteiger partial charge in [-0.2, -0.15) is 0 Å². The minimum absolute atomic E-state index is 0.0283. The first-order chi connectivity index (χ1) is 15.7. The number of rotatable bonds is 9. The predicted molar refractivity (Wildman–Crippen MR) is 115 cm³/mol. The molecule has 0 radical (unpaired) electrons. The molecule has 180 valence electrons. The van der Waals surface area contributed by atoms with Gasteiger partial charge in [-0.05, 0) is 42.7 Å². The van der Waals surface area contributed by atoms with Crippen LogP contribution in [0.4, 0.5) is 8.78 Å². The lowest BCUT2D eigenvalue weighted by Crippen LogP contribution is -2.51. The maximum Gasteiger partial charge on any atom is 0.244 e. The number of aliphatic hydroxyl groups is 1. The highest BCUT2D eigenvalue weighted by Gasteiger charge is 2.35. The predicted octanol–water partition coefficient (Wildman–Crippen LogP) is 1.87. The van der Waals surface area contributed by atoms with Crippen molar-refractivity contribution in [3.8, 4) is 5.75 Å². The van der Waals surface area contributed by atoms with Gasteiger partial charge in [-0.15, -0.1) is 0 Å². The number of methoxy groups -OCH3 is 1. The Balaban J connectivity index is 1.56. The van der Waals surface area contributed by atoms with Gasteiger partial charge in [0.2, 0.25) is 15.9 Å². The second-order valence-electron chi connectivity index (χ2n) is 7.69. The second-order valence-corrected chi connectivity index (χ2v) is 9.38. The molecule has 3 N–H and O–H groups in total. The minimum Gasteiger partial charge on any atom is -0.495 e. The molecular formula is C22H26F2N2O6S. The Morgan fingerprint density at radius 1 is 1.18 bits per heavy atom. The van der Waals surface area contributed by atoms with Crippen LogP contribution in [0.2, 0.25) is 0 Å². The third-order valence-corrected chi connectivity index (χ3v) is 6.82. The first kappa shape index (κ1) is 25.0. The molecule has 1 aliphatic heterocycles. The average molecular weight is 485 g/mol. The number of amides is 1. The van der Waals surface area contributed by atoms with Crippen molar-refractivity contribution in [3.05, 3.63) is 59.7 Å². The summed E-state index contributed by atoms with van der Waals surface area (Å²) < 4.78 is 65.6. The molecule has 1 fully saturated rings. The van der Waals surface area contributed by atoms with Gasteiger partial charge in [-0.3, -0.25) is 4.79 Å². The van der Waals surface area contributed by atoms with E-state index in [1.807, 2.05) is 0 Å². The lowest BCUT2D eigenvalue weighted by Gasteiger charge is -2.35. The highest BCUT2D eigenvalue weighted by atomic mass is 32.2. The van der Waals surface area contributed by atoms with Crippen LogP contribution in [0.15, 0.2) is 47.4 Å². The topological polar surface area (TPSA) is 114 Å². The SMILES string of the molecule is COc1ccccc1S(=O)(=O)N[C@H]1CC[C@H](CC(=O)NCc2cc(F)cc(F)c2)O[C@@H]1CO. The number of hydrogen-bond donors (Lipinski definition) is 3. The molecule has 1 saturated heterocycles.